The zero-order chi connectivity index (χ0) is 24.4. The van der Waals surface area contributed by atoms with E-state index in [1.165, 1.54) is 11.3 Å². The van der Waals surface area contributed by atoms with E-state index in [9.17, 15) is 9.59 Å². The molecule has 178 valence electrons. The van der Waals surface area contributed by atoms with E-state index >= 15 is 0 Å². The molecule has 0 atom stereocenters. The zero-order valence-electron chi connectivity index (χ0n) is 20.0. The van der Waals surface area contributed by atoms with Crippen LogP contribution in [0.3, 0.4) is 0 Å². The summed E-state index contributed by atoms with van der Waals surface area (Å²) in [5, 5.41) is 3.90. The molecular weight excluding hydrogens is 440 g/mol. The number of nitrogens with zero attached hydrogens (tertiary/aromatic N) is 1. The first-order valence-electron chi connectivity index (χ1n) is 11.8. The van der Waals surface area contributed by atoms with Gasteiger partial charge in [-0.3, -0.25) is 4.79 Å². The standard InChI is InChI=1S/C29H28N2O4/c1-19-23-12-11-22(34-2)17-27(23)35-29(33)24(19)13-14-28(32)30-25-9-5-3-8-21(25)18-31-16-15-20-7-4-6-10-26(20)31/h3-12,17H,13-16,18H2,1-2H3,(H,30,32). The van der Waals surface area contributed by atoms with Crippen molar-refractivity contribution in [2.24, 2.45) is 0 Å². The van der Waals surface area contributed by atoms with Gasteiger partial charge in [-0.1, -0.05) is 36.4 Å². The summed E-state index contributed by atoms with van der Waals surface area (Å²) in [6.07, 6.45) is 1.53. The highest BCUT2D eigenvalue weighted by Crippen LogP contribution is 2.30. The number of amides is 1. The van der Waals surface area contributed by atoms with Crippen molar-refractivity contribution < 1.29 is 13.9 Å². The topological polar surface area (TPSA) is 71.8 Å². The van der Waals surface area contributed by atoms with Gasteiger partial charge in [0.25, 0.3) is 0 Å². The largest absolute Gasteiger partial charge is 0.497 e. The van der Waals surface area contributed by atoms with E-state index in [1.54, 1.807) is 13.2 Å². The molecule has 1 aliphatic heterocycles. The molecule has 0 spiro atoms. The number of hydrogen-bond acceptors (Lipinski definition) is 5. The Balaban J connectivity index is 1.29. The monoisotopic (exact) mass is 468 g/mol. The third-order valence-electron chi connectivity index (χ3n) is 6.73. The summed E-state index contributed by atoms with van der Waals surface area (Å²) in [4.78, 5) is 27.8. The Bertz CT molecular complexity index is 1460. The van der Waals surface area contributed by atoms with Gasteiger partial charge >= 0.3 is 5.63 Å². The molecule has 5 rings (SSSR count). The Morgan fingerprint density at radius 1 is 1.09 bits per heavy atom. The van der Waals surface area contributed by atoms with Gasteiger partial charge < -0.3 is 19.4 Å². The van der Waals surface area contributed by atoms with E-state index in [2.05, 4.69) is 34.5 Å². The lowest BCUT2D eigenvalue weighted by atomic mass is 10.0. The number of fused-ring (bicyclic) bond motifs is 2. The normalized spacial score (nSPS) is 12.6. The number of carbonyl (C=O) groups is 1. The molecule has 4 aromatic rings. The quantitative estimate of drug-likeness (QED) is 0.376. The van der Waals surface area contributed by atoms with Crippen LogP contribution in [0.2, 0.25) is 0 Å². The number of nitrogens with one attached hydrogen (secondary N) is 1. The van der Waals surface area contributed by atoms with E-state index in [-0.39, 0.29) is 12.3 Å². The SMILES string of the molecule is COc1ccc2c(C)c(CCC(=O)Nc3ccccc3CN3CCc4ccccc43)c(=O)oc2c1. The summed E-state index contributed by atoms with van der Waals surface area (Å²) < 4.78 is 10.7. The van der Waals surface area contributed by atoms with Crippen LogP contribution in [0.4, 0.5) is 11.4 Å². The van der Waals surface area contributed by atoms with Gasteiger partial charge in [-0.2, -0.15) is 0 Å². The van der Waals surface area contributed by atoms with Crippen LogP contribution >= 0.6 is 0 Å². The van der Waals surface area contributed by atoms with Gasteiger partial charge in [0.05, 0.1) is 7.11 Å². The first-order chi connectivity index (χ1) is 17.0. The van der Waals surface area contributed by atoms with Crippen LogP contribution in [-0.2, 0) is 24.2 Å². The number of aryl methyl sites for hydroxylation is 1. The van der Waals surface area contributed by atoms with E-state index in [4.69, 9.17) is 9.15 Å². The van der Waals surface area contributed by atoms with E-state index in [0.29, 0.717) is 23.3 Å². The number of ether oxygens (including phenoxy) is 1. The molecule has 6 heteroatoms. The Morgan fingerprint density at radius 3 is 2.74 bits per heavy atom. The maximum absolute atomic E-state index is 12.9. The number of carbonyl (C=O) groups excluding carboxylic acids is 1. The molecule has 1 aromatic heterocycles. The van der Waals surface area contributed by atoms with Crippen LogP contribution in [0.15, 0.2) is 75.9 Å². The van der Waals surface area contributed by atoms with Crippen molar-refractivity contribution in [3.05, 3.63) is 99.4 Å². The molecule has 0 aliphatic carbocycles. The average Bonchev–Trinajstić information content (AvgIpc) is 3.27. The molecule has 3 aromatic carbocycles. The minimum absolute atomic E-state index is 0.132. The van der Waals surface area contributed by atoms with Crippen LogP contribution < -0.4 is 20.6 Å². The lowest BCUT2D eigenvalue weighted by molar-refractivity contribution is -0.116. The van der Waals surface area contributed by atoms with Crippen molar-refractivity contribution in [2.75, 3.05) is 23.9 Å². The lowest BCUT2D eigenvalue weighted by Crippen LogP contribution is -2.22. The van der Waals surface area contributed by atoms with E-state index in [0.717, 1.165) is 41.7 Å². The van der Waals surface area contributed by atoms with Crippen LogP contribution in [0.25, 0.3) is 11.0 Å². The van der Waals surface area contributed by atoms with Gasteiger partial charge in [-0.05, 0) is 60.7 Å². The molecule has 1 amide bonds. The fourth-order valence-electron chi connectivity index (χ4n) is 4.80. The van der Waals surface area contributed by atoms with E-state index in [1.807, 2.05) is 43.3 Å². The van der Waals surface area contributed by atoms with Crippen LogP contribution in [0.5, 0.6) is 5.75 Å². The maximum atomic E-state index is 12.9. The number of anilines is 2. The summed E-state index contributed by atoms with van der Waals surface area (Å²) in [6.45, 7) is 3.58. The lowest BCUT2D eigenvalue weighted by Gasteiger charge is -2.21. The molecule has 1 N–H and O–H groups in total. The highest BCUT2D eigenvalue weighted by molar-refractivity contribution is 5.92. The summed E-state index contributed by atoms with van der Waals surface area (Å²) in [6, 6.07) is 21.8. The van der Waals surface area contributed by atoms with Crippen LogP contribution in [0.1, 0.15) is 28.7 Å². The van der Waals surface area contributed by atoms with Gasteiger partial charge in [0, 0.05) is 47.9 Å². The van der Waals surface area contributed by atoms with Crippen molar-refractivity contribution >= 4 is 28.3 Å². The maximum Gasteiger partial charge on any atom is 0.339 e. The highest BCUT2D eigenvalue weighted by atomic mass is 16.5. The molecular formula is C29H28N2O4. The van der Waals surface area contributed by atoms with Gasteiger partial charge in [-0.15, -0.1) is 0 Å². The Hall–Kier alpha value is -4.06. The third kappa shape index (κ3) is 4.64. The summed E-state index contributed by atoms with van der Waals surface area (Å²) in [5.41, 5.74) is 5.91. The molecule has 0 bridgehead atoms. The molecule has 2 heterocycles. The molecule has 0 radical (unpaired) electrons. The predicted molar refractivity (Wildman–Crippen MR) is 138 cm³/mol. The van der Waals surface area contributed by atoms with Crippen molar-refractivity contribution in [1.82, 2.24) is 0 Å². The van der Waals surface area contributed by atoms with Gasteiger partial charge in [0.15, 0.2) is 0 Å². The minimum atomic E-state index is -0.413. The molecule has 35 heavy (non-hydrogen) atoms. The van der Waals surface area contributed by atoms with Crippen molar-refractivity contribution in [3.8, 4) is 5.75 Å². The summed E-state index contributed by atoms with van der Waals surface area (Å²) in [7, 11) is 1.57. The van der Waals surface area contributed by atoms with E-state index < -0.39 is 5.63 Å². The molecule has 0 saturated carbocycles. The van der Waals surface area contributed by atoms with Gasteiger partial charge in [0.2, 0.25) is 5.91 Å². The number of methoxy groups -OCH3 is 1. The fraction of sp³-hybridized carbons (Fsp3) is 0.241. The second-order valence-corrected chi connectivity index (χ2v) is 8.86. The number of rotatable bonds is 7. The van der Waals surface area contributed by atoms with Gasteiger partial charge in [0.1, 0.15) is 11.3 Å². The van der Waals surface area contributed by atoms with Gasteiger partial charge in [-0.25, -0.2) is 4.79 Å². The second kappa shape index (κ2) is 9.66. The van der Waals surface area contributed by atoms with Crippen molar-refractivity contribution in [2.45, 2.75) is 32.7 Å². The fourth-order valence-corrected chi connectivity index (χ4v) is 4.80. The minimum Gasteiger partial charge on any atom is -0.497 e. The molecule has 6 nitrogen and oxygen atoms in total. The number of benzene rings is 3. The van der Waals surface area contributed by atoms with Crippen LogP contribution in [0, 0.1) is 6.92 Å². The molecule has 0 unspecified atom stereocenters. The Kier molecular flexibility index (Phi) is 6.27. The Morgan fingerprint density at radius 2 is 1.89 bits per heavy atom. The third-order valence-corrected chi connectivity index (χ3v) is 6.73. The van der Waals surface area contributed by atoms with Crippen LogP contribution in [-0.4, -0.2) is 19.6 Å². The number of para-hydroxylation sites is 2. The first-order valence-corrected chi connectivity index (χ1v) is 11.8. The summed E-state index contributed by atoms with van der Waals surface area (Å²) >= 11 is 0. The molecule has 0 fully saturated rings. The smallest absolute Gasteiger partial charge is 0.339 e. The summed E-state index contributed by atoms with van der Waals surface area (Å²) in [5.74, 6) is 0.496. The number of hydrogen-bond donors (Lipinski definition) is 1. The second-order valence-electron chi connectivity index (χ2n) is 8.86. The average molecular weight is 469 g/mol. The zero-order valence-corrected chi connectivity index (χ0v) is 20.0. The van der Waals surface area contributed by atoms with Crippen molar-refractivity contribution in [3.63, 3.8) is 0 Å². The molecule has 0 saturated heterocycles. The Labute approximate surface area is 204 Å². The first kappa shape index (κ1) is 22.7. The highest BCUT2D eigenvalue weighted by Gasteiger charge is 2.20. The predicted octanol–water partition coefficient (Wildman–Crippen LogP) is 5.24. The van der Waals surface area contributed by atoms with Crippen molar-refractivity contribution in [1.29, 1.82) is 0 Å². The molecule has 1 aliphatic rings.